The van der Waals surface area contributed by atoms with Crippen LogP contribution in [0.1, 0.15) is 44.9 Å². The fraction of sp³-hybridized carbons (Fsp3) is 0.789. The fourth-order valence-electron chi connectivity index (χ4n) is 4.07. The molecule has 6 nitrogen and oxygen atoms in total. The lowest BCUT2D eigenvalue weighted by atomic mass is 9.97. The minimum atomic E-state index is 0.117. The van der Waals surface area contributed by atoms with Crippen LogP contribution in [0.3, 0.4) is 0 Å². The van der Waals surface area contributed by atoms with Crippen molar-refractivity contribution in [2.24, 2.45) is 5.92 Å². The number of likely N-dealkylation sites (tertiary alicyclic amines) is 2. The predicted octanol–water partition coefficient (Wildman–Crippen LogP) is 2.57. The Kier molecular flexibility index (Phi) is 7.15. The molecule has 1 unspecified atom stereocenters. The van der Waals surface area contributed by atoms with Crippen molar-refractivity contribution in [3.8, 4) is 0 Å². The first-order valence-electron chi connectivity index (χ1n) is 10.0. The van der Waals surface area contributed by atoms with Crippen molar-refractivity contribution in [2.75, 3.05) is 39.3 Å². The van der Waals surface area contributed by atoms with Gasteiger partial charge in [0.15, 0.2) is 0 Å². The van der Waals surface area contributed by atoms with E-state index in [2.05, 4.69) is 15.2 Å². The second-order valence-electron chi connectivity index (χ2n) is 7.56. The SMILES string of the molecule is O=C(NCCCn1ccnc1)N1CCCC(CN2CCCCCC2)C1. The van der Waals surface area contributed by atoms with E-state index in [-0.39, 0.29) is 6.03 Å². The molecule has 0 aliphatic carbocycles. The van der Waals surface area contributed by atoms with Crippen LogP contribution in [0.5, 0.6) is 0 Å². The molecule has 2 aliphatic heterocycles. The van der Waals surface area contributed by atoms with Gasteiger partial charge in [-0.05, 0) is 51.1 Å². The van der Waals surface area contributed by atoms with Crippen LogP contribution in [-0.4, -0.2) is 64.7 Å². The molecule has 0 bridgehead atoms. The molecule has 2 fully saturated rings. The average molecular weight is 348 g/mol. The van der Waals surface area contributed by atoms with Crippen LogP contribution < -0.4 is 5.32 Å². The molecule has 0 saturated carbocycles. The Labute approximate surface area is 151 Å². The molecule has 2 saturated heterocycles. The topological polar surface area (TPSA) is 53.4 Å². The molecular formula is C19H33N5O. The molecule has 1 aromatic rings. The molecule has 1 atom stereocenters. The van der Waals surface area contributed by atoms with Crippen molar-refractivity contribution in [1.82, 2.24) is 24.7 Å². The highest BCUT2D eigenvalue weighted by Gasteiger charge is 2.25. The van der Waals surface area contributed by atoms with Crippen molar-refractivity contribution in [3.05, 3.63) is 18.7 Å². The van der Waals surface area contributed by atoms with E-state index < -0.39 is 0 Å². The largest absolute Gasteiger partial charge is 0.338 e. The number of hydrogen-bond acceptors (Lipinski definition) is 3. The van der Waals surface area contributed by atoms with E-state index >= 15 is 0 Å². The van der Waals surface area contributed by atoms with Gasteiger partial charge in [-0.2, -0.15) is 0 Å². The first kappa shape index (κ1) is 18.2. The molecule has 2 amide bonds. The smallest absolute Gasteiger partial charge is 0.317 e. The maximum Gasteiger partial charge on any atom is 0.317 e. The molecule has 3 heterocycles. The number of piperidine rings is 1. The number of rotatable bonds is 6. The summed E-state index contributed by atoms with van der Waals surface area (Å²) in [6, 6.07) is 0.117. The van der Waals surface area contributed by atoms with Crippen LogP contribution in [0.2, 0.25) is 0 Å². The lowest BCUT2D eigenvalue weighted by Gasteiger charge is -2.35. The van der Waals surface area contributed by atoms with Gasteiger partial charge in [-0.25, -0.2) is 9.78 Å². The lowest BCUT2D eigenvalue weighted by Crippen LogP contribution is -2.48. The van der Waals surface area contributed by atoms with E-state index in [0.717, 1.165) is 39.0 Å². The second-order valence-corrected chi connectivity index (χ2v) is 7.56. The zero-order chi connectivity index (χ0) is 17.3. The Balaban J connectivity index is 1.35. The third kappa shape index (κ3) is 6.03. The second kappa shape index (κ2) is 9.80. The number of aromatic nitrogens is 2. The molecule has 6 heteroatoms. The first-order chi connectivity index (χ1) is 12.3. The van der Waals surface area contributed by atoms with Gasteiger partial charge in [-0.3, -0.25) is 0 Å². The zero-order valence-electron chi connectivity index (χ0n) is 15.4. The minimum Gasteiger partial charge on any atom is -0.338 e. The van der Waals surface area contributed by atoms with Gasteiger partial charge in [0.2, 0.25) is 0 Å². The third-order valence-electron chi connectivity index (χ3n) is 5.45. The fourth-order valence-corrected chi connectivity index (χ4v) is 4.07. The molecule has 1 aromatic heterocycles. The maximum atomic E-state index is 12.4. The van der Waals surface area contributed by atoms with Crippen LogP contribution in [0.15, 0.2) is 18.7 Å². The number of nitrogens with one attached hydrogen (secondary N) is 1. The van der Waals surface area contributed by atoms with E-state index in [0.29, 0.717) is 5.92 Å². The molecule has 25 heavy (non-hydrogen) atoms. The molecule has 140 valence electrons. The standard InChI is InChI=1S/C19H33N5O/c25-19(21-8-6-12-23-14-9-20-17-23)24-13-5-7-18(16-24)15-22-10-3-1-2-4-11-22/h9,14,17-18H,1-8,10-13,15-16H2,(H,21,25). The van der Waals surface area contributed by atoms with Crippen molar-refractivity contribution in [1.29, 1.82) is 0 Å². The highest BCUT2D eigenvalue weighted by atomic mass is 16.2. The minimum absolute atomic E-state index is 0.117. The number of imidazole rings is 1. The number of nitrogens with zero attached hydrogens (tertiary/aromatic N) is 4. The summed E-state index contributed by atoms with van der Waals surface area (Å²) >= 11 is 0. The summed E-state index contributed by atoms with van der Waals surface area (Å²) in [5.74, 6) is 0.642. The summed E-state index contributed by atoms with van der Waals surface area (Å²) in [7, 11) is 0. The highest BCUT2D eigenvalue weighted by molar-refractivity contribution is 5.74. The number of aryl methyl sites for hydroxylation is 1. The number of hydrogen-bond donors (Lipinski definition) is 1. The monoisotopic (exact) mass is 347 g/mol. The van der Waals surface area contributed by atoms with E-state index in [9.17, 15) is 4.79 Å². The Morgan fingerprint density at radius 1 is 1.12 bits per heavy atom. The van der Waals surface area contributed by atoms with Gasteiger partial charge < -0.3 is 19.7 Å². The number of carbonyl (C=O) groups is 1. The van der Waals surface area contributed by atoms with E-state index in [4.69, 9.17) is 0 Å². The summed E-state index contributed by atoms with van der Waals surface area (Å²) < 4.78 is 2.05. The van der Waals surface area contributed by atoms with Crippen LogP contribution in [0.4, 0.5) is 4.79 Å². The quantitative estimate of drug-likeness (QED) is 0.805. The Morgan fingerprint density at radius 2 is 1.96 bits per heavy atom. The highest BCUT2D eigenvalue weighted by Crippen LogP contribution is 2.19. The summed E-state index contributed by atoms with van der Waals surface area (Å²) in [5.41, 5.74) is 0. The summed E-state index contributed by atoms with van der Waals surface area (Å²) in [6.45, 7) is 7.12. The van der Waals surface area contributed by atoms with Crippen molar-refractivity contribution >= 4 is 6.03 Å². The number of carbonyl (C=O) groups excluding carboxylic acids is 1. The molecule has 2 aliphatic rings. The van der Waals surface area contributed by atoms with Crippen LogP contribution in [-0.2, 0) is 6.54 Å². The molecule has 0 aromatic carbocycles. The predicted molar refractivity (Wildman–Crippen MR) is 99.4 cm³/mol. The van der Waals surface area contributed by atoms with Gasteiger partial charge in [0.1, 0.15) is 0 Å². The van der Waals surface area contributed by atoms with E-state index in [1.807, 2.05) is 22.0 Å². The summed E-state index contributed by atoms with van der Waals surface area (Å²) in [6.07, 6.45) is 14.4. The van der Waals surface area contributed by atoms with Crippen molar-refractivity contribution < 1.29 is 4.79 Å². The van der Waals surface area contributed by atoms with E-state index in [1.165, 1.54) is 51.7 Å². The number of amides is 2. The van der Waals surface area contributed by atoms with E-state index in [1.54, 1.807) is 6.20 Å². The molecule has 0 radical (unpaired) electrons. The maximum absolute atomic E-state index is 12.4. The lowest BCUT2D eigenvalue weighted by molar-refractivity contribution is 0.140. The van der Waals surface area contributed by atoms with Crippen LogP contribution in [0.25, 0.3) is 0 Å². The van der Waals surface area contributed by atoms with Gasteiger partial charge in [-0.1, -0.05) is 12.8 Å². The summed E-state index contributed by atoms with van der Waals surface area (Å²) in [5, 5.41) is 3.09. The van der Waals surface area contributed by atoms with Gasteiger partial charge in [0.25, 0.3) is 0 Å². The molecular weight excluding hydrogens is 314 g/mol. The van der Waals surface area contributed by atoms with Gasteiger partial charge in [0.05, 0.1) is 6.33 Å². The Morgan fingerprint density at radius 3 is 2.72 bits per heavy atom. The molecule has 0 spiro atoms. The van der Waals surface area contributed by atoms with Gasteiger partial charge in [-0.15, -0.1) is 0 Å². The van der Waals surface area contributed by atoms with Crippen molar-refractivity contribution in [3.63, 3.8) is 0 Å². The van der Waals surface area contributed by atoms with Crippen LogP contribution >= 0.6 is 0 Å². The van der Waals surface area contributed by atoms with Crippen molar-refractivity contribution in [2.45, 2.75) is 51.5 Å². The zero-order valence-corrected chi connectivity index (χ0v) is 15.4. The molecule has 3 rings (SSSR count). The van der Waals surface area contributed by atoms with Gasteiger partial charge in [0, 0.05) is 45.1 Å². The Hall–Kier alpha value is -1.56. The van der Waals surface area contributed by atoms with Gasteiger partial charge >= 0.3 is 6.03 Å². The average Bonchev–Trinajstić information content (AvgIpc) is 3.02. The number of urea groups is 1. The summed E-state index contributed by atoms with van der Waals surface area (Å²) in [4.78, 5) is 21.1. The van der Waals surface area contributed by atoms with Crippen LogP contribution in [0, 0.1) is 5.92 Å². The third-order valence-corrected chi connectivity index (χ3v) is 5.45. The normalized spacial score (nSPS) is 22.6. The first-order valence-corrected chi connectivity index (χ1v) is 10.0. The Bertz CT molecular complexity index is 496. The molecule has 1 N–H and O–H groups in total.